The zero-order valence-electron chi connectivity index (χ0n) is 12.9. The van der Waals surface area contributed by atoms with Gasteiger partial charge in [-0.05, 0) is 37.1 Å². The molecule has 5 heteroatoms. The molecule has 4 rings (SSSR count). The van der Waals surface area contributed by atoms with Crippen molar-refractivity contribution in [2.75, 3.05) is 38.3 Å². The molecular formula is C17H22N2O3. The SMILES string of the molecule is COC(=O)c1ccc(N2CC3CCC(C2)N3C2COC2)cc1. The quantitative estimate of drug-likeness (QED) is 0.792. The third-order valence-electron chi connectivity index (χ3n) is 5.23. The molecule has 3 aliphatic heterocycles. The lowest BCUT2D eigenvalue weighted by atomic mass is 10.1. The summed E-state index contributed by atoms with van der Waals surface area (Å²) in [6, 6.07) is 9.72. The van der Waals surface area contributed by atoms with E-state index in [0.717, 1.165) is 26.3 Å². The smallest absolute Gasteiger partial charge is 0.337 e. The van der Waals surface area contributed by atoms with Gasteiger partial charge in [-0.3, -0.25) is 4.90 Å². The predicted molar refractivity (Wildman–Crippen MR) is 83.3 cm³/mol. The molecule has 3 fully saturated rings. The van der Waals surface area contributed by atoms with Gasteiger partial charge in [-0.1, -0.05) is 0 Å². The van der Waals surface area contributed by atoms with Crippen LogP contribution in [-0.4, -0.2) is 62.4 Å². The molecule has 1 aromatic carbocycles. The minimum atomic E-state index is -0.276. The van der Waals surface area contributed by atoms with Gasteiger partial charge in [0.15, 0.2) is 0 Å². The lowest BCUT2D eigenvalue weighted by Crippen LogP contribution is -2.62. The van der Waals surface area contributed by atoms with Crippen LogP contribution in [0.15, 0.2) is 24.3 Å². The summed E-state index contributed by atoms with van der Waals surface area (Å²) in [5, 5.41) is 0. The molecule has 3 aliphatic rings. The summed E-state index contributed by atoms with van der Waals surface area (Å²) in [6.45, 7) is 3.96. The molecule has 2 unspecified atom stereocenters. The maximum absolute atomic E-state index is 11.5. The molecule has 2 bridgehead atoms. The highest BCUT2D eigenvalue weighted by Crippen LogP contribution is 2.35. The Morgan fingerprint density at radius 1 is 1.09 bits per heavy atom. The van der Waals surface area contributed by atoms with E-state index in [1.54, 1.807) is 0 Å². The van der Waals surface area contributed by atoms with Gasteiger partial charge in [0.25, 0.3) is 0 Å². The molecule has 5 nitrogen and oxygen atoms in total. The molecule has 0 amide bonds. The van der Waals surface area contributed by atoms with Crippen molar-refractivity contribution >= 4 is 11.7 Å². The molecule has 0 spiro atoms. The zero-order chi connectivity index (χ0) is 15.1. The van der Waals surface area contributed by atoms with Crippen molar-refractivity contribution in [2.24, 2.45) is 0 Å². The first-order valence-corrected chi connectivity index (χ1v) is 8.05. The molecule has 2 atom stereocenters. The van der Waals surface area contributed by atoms with Crippen LogP contribution < -0.4 is 4.90 Å². The number of piperazine rings is 1. The van der Waals surface area contributed by atoms with Gasteiger partial charge in [0, 0.05) is 30.9 Å². The van der Waals surface area contributed by atoms with Crippen molar-refractivity contribution in [3.8, 4) is 0 Å². The maximum atomic E-state index is 11.5. The second kappa shape index (κ2) is 5.56. The number of esters is 1. The van der Waals surface area contributed by atoms with E-state index >= 15 is 0 Å². The topological polar surface area (TPSA) is 42.0 Å². The summed E-state index contributed by atoms with van der Waals surface area (Å²) in [4.78, 5) is 16.7. The summed E-state index contributed by atoms with van der Waals surface area (Å²) in [5.41, 5.74) is 1.81. The number of rotatable bonds is 3. The van der Waals surface area contributed by atoms with E-state index in [0.29, 0.717) is 23.7 Å². The Kier molecular flexibility index (Phi) is 3.54. The first-order valence-electron chi connectivity index (χ1n) is 8.05. The van der Waals surface area contributed by atoms with Crippen molar-refractivity contribution in [1.29, 1.82) is 0 Å². The van der Waals surface area contributed by atoms with Crippen molar-refractivity contribution in [1.82, 2.24) is 4.90 Å². The highest BCUT2D eigenvalue weighted by molar-refractivity contribution is 5.89. The van der Waals surface area contributed by atoms with Crippen LogP contribution in [0.2, 0.25) is 0 Å². The number of carbonyl (C=O) groups is 1. The van der Waals surface area contributed by atoms with E-state index in [9.17, 15) is 4.79 Å². The molecule has 3 saturated heterocycles. The molecular weight excluding hydrogens is 280 g/mol. The van der Waals surface area contributed by atoms with Crippen LogP contribution in [0, 0.1) is 0 Å². The summed E-state index contributed by atoms with van der Waals surface area (Å²) in [6.07, 6.45) is 2.58. The van der Waals surface area contributed by atoms with Gasteiger partial charge in [-0.25, -0.2) is 4.79 Å². The van der Waals surface area contributed by atoms with E-state index < -0.39 is 0 Å². The minimum Gasteiger partial charge on any atom is -0.465 e. The maximum Gasteiger partial charge on any atom is 0.337 e. The van der Waals surface area contributed by atoms with Gasteiger partial charge >= 0.3 is 5.97 Å². The van der Waals surface area contributed by atoms with Crippen molar-refractivity contribution in [2.45, 2.75) is 31.0 Å². The second-order valence-electron chi connectivity index (χ2n) is 6.47. The molecule has 0 N–H and O–H groups in total. The van der Waals surface area contributed by atoms with E-state index in [1.807, 2.05) is 24.3 Å². The van der Waals surface area contributed by atoms with Crippen LogP contribution >= 0.6 is 0 Å². The van der Waals surface area contributed by atoms with Gasteiger partial charge in [-0.15, -0.1) is 0 Å². The first-order chi connectivity index (χ1) is 10.8. The second-order valence-corrected chi connectivity index (χ2v) is 6.47. The summed E-state index contributed by atoms with van der Waals surface area (Å²) >= 11 is 0. The van der Waals surface area contributed by atoms with Crippen molar-refractivity contribution in [3.05, 3.63) is 29.8 Å². The fourth-order valence-corrected chi connectivity index (χ4v) is 4.06. The monoisotopic (exact) mass is 302 g/mol. The third kappa shape index (κ3) is 2.29. The molecule has 0 aromatic heterocycles. The van der Waals surface area contributed by atoms with Crippen molar-refractivity contribution in [3.63, 3.8) is 0 Å². The van der Waals surface area contributed by atoms with Crippen molar-refractivity contribution < 1.29 is 14.3 Å². The number of benzene rings is 1. The summed E-state index contributed by atoms with van der Waals surface area (Å²) in [5.74, 6) is -0.276. The van der Waals surface area contributed by atoms with Crippen LogP contribution in [0.3, 0.4) is 0 Å². The van der Waals surface area contributed by atoms with Crippen LogP contribution in [0.5, 0.6) is 0 Å². The van der Waals surface area contributed by atoms with Crippen LogP contribution in [-0.2, 0) is 9.47 Å². The number of nitrogens with zero attached hydrogens (tertiary/aromatic N) is 2. The average molecular weight is 302 g/mol. The van der Waals surface area contributed by atoms with Gasteiger partial charge < -0.3 is 14.4 Å². The number of hydrogen-bond donors (Lipinski definition) is 0. The lowest BCUT2D eigenvalue weighted by Gasteiger charge is -2.48. The predicted octanol–water partition coefficient (Wildman–Crippen LogP) is 1.52. The molecule has 0 radical (unpaired) electrons. The Hall–Kier alpha value is -1.59. The van der Waals surface area contributed by atoms with E-state index in [-0.39, 0.29) is 5.97 Å². The Morgan fingerprint density at radius 3 is 2.23 bits per heavy atom. The standard InChI is InChI=1S/C17H22N2O3/c1-21-17(20)12-2-4-13(5-3-12)18-8-14-6-7-15(9-18)19(14)16-10-22-11-16/h2-5,14-16H,6-11H2,1H3. The van der Waals surface area contributed by atoms with Gasteiger partial charge in [0.2, 0.25) is 0 Å². The number of anilines is 1. The molecule has 1 aromatic rings. The zero-order valence-corrected chi connectivity index (χ0v) is 12.9. The Balaban J connectivity index is 1.47. The van der Waals surface area contributed by atoms with Crippen LogP contribution in [0.1, 0.15) is 23.2 Å². The fraction of sp³-hybridized carbons (Fsp3) is 0.588. The Morgan fingerprint density at radius 2 is 1.73 bits per heavy atom. The minimum absolute atomic E-state index is 0.276. The Labute approximate surface area is 130 Å². The van der Waals surface area contributed by atoms with Gasteiger partial charge in [-0.2, -0.15) is 0 Å². The largest absolute Gasteiger partial charge is 0.465 e. The fourth-order valence-electron chi connectivity index (χ4n) is 4.06. The molecule has 0 saturated carbocycles. The summed E-state index contributed by atoms with van der Waals surface area (Å²) in [7, 11) is 1.41. The van der Waals surface area contributed by atoms with Gasteiger partial charge in [0.1, 0.15) is 0 Å². The Bertz CT molecular complexity index is 542. The molecule has 22 heavy (non-hydrogen) atoms. The average Bonchev–Trinajstić information content (AvgIpc) is 2.75. The van der Waals surface area contributed by atoms with E-state index in [2.05, 4.69) is 9.80 Å². The first kappa shape index (κ1) is 14.0. The van der Waals surface area contributed by atoms with E-state index in [4.69, 9.17) is 9.47 Å². The highest BCUT2D eigenvalue weighted by Gasteiger charge is 2.45. The normalized spacial score (nSPS) is 28.5. The number of carbonyl (C=O) groups excluding carboxylic acids is 1. The third-order valence-corrected chi connectivity index (χ3v) is 5.23. The molecule has 0 aliphatic carbocycles. The molecule has 118 valence electrons. The number of hydrogen-bond acceptors (Lipinski definition) is 5. The number of fused-ring (bicyclic) bond motifs is 2. The van der Waals surface area contributed by atoms with Crippen LogP contribution in [0.4, 0.5) is 5.69 Å². The lowest BCUT2D eigenvalue weighted by molar-refractivity contribution is -0.0850. The van der Waals surface area contributed by atoms with E-state index in [1.165, 1.54) is 25.6 Å². The number of ether oxygens (including phenoxy) is 2. The number of methoxy groups -OCH3 is 1. The summed E-state index contributed by atoms with van der Waals surface area (Å²) < 4.78 is 10.1. The van der Waals surface area contributed by atoms with Gasteiger partial charge in [0.05, 0.1) is 31.9 Å². The van der Waals surface area contributed by atoms with Crippen LogP contribution in [0.25, 0.3) is 0 Å². The highest BCUT2D eigenvalue weighted by atomic mass is 16.5. The molecule has 3 heterocycles.